The second kappa shape index (κ2) is 7.87. The largest absolute Gasteiger partial charge is 0.490 e. The molecule has 25 heavy (non-hydrogen) atoms. The summed E-state index contributed by atoms with van der Waals surface area (Å²) in [4.78, 5) is 4.35. The summed E-state index contributed by atoms with van der Waals surface area (Å²) in [5.74, 6) is 0.887. The van der Waals surface area contributed by atoms with E-state index >= 15 is 0 Å². The van der Waals surface area contributed by atoms with Gasteiger partial charge >= 0.3 is 0 Å². The van der Waals surface area contributed by atoms with E-state index in [2.05, 4.69) is 39.9 Å². The lowest BCUT2D eigenvalue weighted by molar-refractivity contribution is 0.276. The molecule has 0 spiro atoms. The highest BCUT2D eigenvalue weighted by Crippen LogP contribution is 2.24. The van der Waals surface area contributed by atoms with E-state index < -0.39 is 0 Å². The average Bonchev–Trinajstić information content (AvgIpc) is 3.19. The molecule has 2 aliphatic heterocycles. The summed E-state index contributed by atoms with van der Waals surface area (Å²) in [5, 5.41) is 6.98. The van der Waals surface area contributed by atoms with Gasteiger partial charge in [0.25, 0.3) is 0 Å². The van der Waals surface area contributed by atoms with Gasteiger partial charge in [-0.25, -0.2) is 0 Å². The molecule has 3 heterocycles. The molecule has 2 aromatic rings. The summed E-state index contributed by atoms with van der Waals surface area (Å²) >= 11 is 0. The van der Waals surface area contributed by atoms with Gasteiger partial charge < -0.3 is 15.4 Å². The van der Waals surface area contributed by atoms with Crippen LogP contribution in [0.3, 0.4) is 0 Å². The SMILES string of the molecule is c1cc2c(cc1CCc1cncc(OCC3CCCN3)c1)NCCC2. The lowest BCUT2D eigenvalue weighted by atomic mass is 9.98. The van der Waals surface area contributed by atoms with Crippen molar-refractivity contribution in [3.05, 3.63) is 53.3 Å². The molecule has 0 aliphatic carbocycles. The van der Waals surface area contributed by atoms with Gasteiger partial charge in [-0.3, -0.25) is 4.98 Å². The summed E-state index contributed by atoms with van der Waals surface area (Å²) in [6, 6.07) is 9.49. The quantitative estimate of drug-likeness (QED) is 0.848. The maximum atomic E-state index is 5.92. The van der Waals surface area contributed by atoms with Gasteiger partial charge in [-0.2, -0.15) is 0 Å². The number of hydrogen-bond donors (Lipinski definition) is 2. The Morgan fingerprint density at radius 2 is 2.00 bits per heavy atom. The van der Waals surface area contributed by atoms with Crippen molar-refractivity contribution in [2.24, 2.45) is 0 Å². The number of aryl methyl sites for hydroxylation is 3. The Bertz CT molecular complexity index is 710. The molecule has 132 valence electrons. The van der Waals surface area contributed by atoms with Gasteiger partial charge in [-0.1, -0.05) is 12.1 Å². The molecular weight excluding hydrogens is 310 g/mol. The third-order valence-corrected chi connectivity index (χ3v) is 5.20. The molecule has 2 aliphatic rings. The molecule has 4 rings (SSSR count). The summed E-state index contributed by atoms with van der Waals surface area (Å²) < 4.78 is 5.92. The molecule has 0 amide bonds. The van der Waals surface area contributed by atoms with Crippen molar-refractivity contribution in [1.82, 2.24) is 10.3 Å². The predicted molar refractivity (Wildman–Crippen MR) is 101 cm³/mol. The minimum Gasteiger partial charge on any atom is -0.490 e. The summed E-state index contributed by atoms with van der Waals surface area (Å²) in [5.41, 5.74) is 5.40. The molecule has 0 saturated carbocycles. The lowest BCUT2D eigenvalue weighted by Gasteiger charge is -2.18. The minimum absolute atomic E-state index is 0.492. The average molecular weight is 337 g/mol. The fraction of sp³-hybridized carbons (Fsp3) is 0.476. The number of nitrogens with one attached hydrogen (secondary N) is 2. The predicted octanol–water partition coefficient (Wildman–Crippen LogP) is 3.36. The van der Waals surface area contributed by atoms with E-state index in [1.54, 1.807) is 0 Å². The van der Waals surface area contributed by atoms with Crippen molar-refractivity contribution in [2.45, 2.75) is 44.6 Å². The summed E-state index contributed by atoms with van der Waals surface area (Å²) in [7, 11) is 0. The molecule has 1 aromatic heterocycles. The van der Waals surface area contributed by atoms with Crippen molar-refractivity contribution in [3.63, 3.8) is 0 Å². The van der Waals surface area contributed by atoms with Gasteiger partial charge in [0, 0.05) is 24.5 Å². The number of benzene rings is 1. The standard InChI is InChI=1S/C21H27N3O/c1-3-18-8-7-16(12-21(18)24-10-1)5-6-17-11-20(14-22-13-17)25-15-19-4-2-9-23-19/h7-8,11-14,19,23-24H,1-6,9-10,15H2. The molecule has 2 N–H and O–H groups in total. The second-order valence-electron chi connectivity index (χ2n) is 7.16. The molecule has 4 heteroatoms. The number of hydrogen-bond acceptors (Lipinski definition) is 4. The van der Waals surface area contributed by atoms with Crippen LogP contribution >= 0.6 is 0 Å². The molecule has 0 bridgehead atoms. The summed E-state index contributed by atoms with van der Waals surface area (Å²) in [6.07, 6.45) is 10.7. The van der Waals surface area contributed by atoms with E-state index in [0.717, 1.165) is 38.3 Å². The van der Waals surface area contributed by atoms with E-state index in [-0.39, 0.29) is 0 Å². The Kier molecular flexibility index (Phi) is 5.17. The van der Waals surface area contributed by atoms with Crippen LogP contribution in [0, 0.1) is 0 Å². The zero-order chi connectivity index (χ0) is 16.9. The first-order valence-corrected chi connectivity index (χ1v) is 9.52. The normalized spacial score (nSPS) is 19.3. The first-order chi connectivity index (χ1) is 12.4. The van der Waals surface area contributed by atoms with E-state index in [9.17, 15) is 0 Å². The number of aromatic nitrogens is 1. The molecule has 4 nitrogen and oxygen atoms in total. The van der Waals surface area contributed by atoms with Gasteiger partial charge in [0.2, 0.25) is 0 Å². The molecule has 1 fully saturated rings. The van der Waals surface area contributed by atoms with Crippen LogP contribution in [0.15, 0.2) is 36.7 Å². The van der Waals surface area contributed by atoms with Gasteiger partial charge in [0.05, 0.1) is 6.20 Å². The van der Waals surface area contributed by atoms with Crippen molar-refractivity contribution < 1.29 is 4.74 Å². The minimum atomic E-state index is 0.492. The number of nitrogens with zero attached hydrogens (tertiary/aromatic N) is 1. The summed E-state index contributed by atoms with van der Waals surface area (Å²) in [6.45, 7) is 2.94. The number of fused-ring (bicyclic) bond motifs is 1. The van der Waals surface area contributed by atoms with Crippen molar-refractivity contribution in [2.75, 3.05) is 25.0 Å². The van der Waals surface area contributed by atoms with E-state index in [0.29, 0.717) is 6.04 Å². The third kappa shape index (κ3) is 4.31. The van der Waals surface area contributed by atoms with Crippen LogP contribution in [0.25, 0.3) is 0 Å². The van der Waals surface area contributed by atoms with Gasteiger partial charge in [0.1, 0.15) is 12.4 Å². The zero-order valence-electron chi connectivity index (χ0n) is 14.8. The molecule has 0 radical (unpaired) electrons. The van der Waals surface area contributed by atoms with Gasteiger partial charge in [-0.05, 0) is 73.9 Å². The Labute approximate surface area is 150 Å². The Hall–Kier alpha value is -2.07. The van der Waals surface area contributed by atoms with Crippen molar-refractivity contribution in [1.29, 1.82) is 0 Å². The van der Waals surface area contributed by atoms with Crippen LogP contribution in [0.4, 0.5) is 5.69 Å². The number of rotatable bonds is 6. The first kappa shape index (κ1) is 16.4. The van der Waals surface area contributed by atoms with E-state index in [1.165, 1.54) is 48.1 Å². The fourth-order valence-electron chi connectivity index (χ4n) is 3.73. The smallest absolute Gasteiger partial charge is 0.137 e. The molecule has 1 aromatic carbocycles. The van der Waals surface area contributed by atoms with Crippen LogP contribution in [0.1, 0.15) is 36.0 Å². The topological polar surface area (TPSA) is 46.2 Å². The number of pyridine rings is 1. The highest BCUT2D eigenvalue weighted by Gasteiger charge is 2.14. The number of ether oxygens (including phenoxy) is 1. The first-order valence-electron chi connectivity index (χ1n) is 9.52. The van der Waals surface area contributed by atoms with Crippen LogP contribution in [0.2, 0.25) is 0 Å². The van der Waals surface area contributed by atoms with Crippen LogP contribution < -0.4 is 15.4 Å². The third-order valence-electron chi connectivity index (χ3n) is 5.20. The number of anilines is 1. The van der Waals surface area contributed by atoms with Crippen LogP contribution in [0.5, 0.6) is 5.75 Å². The van der Waals surface area contributed by atoms with Gasteiger partial charge in [-0.15, -0.1) is 0 Å². The van der Waals surface area contributed by atoms with Gasteiger partial charge in [0.15, 0.2) is 0 Å². The molecular formula is C21H27N3O. The van der Waals surface area contributed by atoms with E-state index in [1.807, 2.05) is 12.4 Å². The second-order valence-corrected chi connectivity index (χ2v) is 7.16. The maximum Gasteiger partial charge on any atom is 0.137 e. The molecule has 1 atom stereocenters. The Morgan fingerprint density at radius 3 is 2.92 bits per heavy atom. The van der Waals surface area contributed by atoms with E-state index in [4.69, 9.17) is 4.74 Å². The maximum absolute atomic E-state index is 5.92. The Balaban J connectivity index is 1.33. The highest BCUT2D eigenvalue weighted by atomic mass is 16.5. The van der Waals surface area contributed by atoms with Crippen LogP contribution in [-0.4, -0.2) is 30.7 Å². The van der Waals surface area contributed by atoms with Crippen LogP contribution in [-0.2, 0) is 19.3 Å². The zero-order valence-corrected chi connectivity index (χ0v) is 14.8. The molecule has 1 saturated heterocycles. The fourth-order valence-corrected chi connectivity index (χ4v) is 3.73. The Morgan fingerprint density at radius 1 is 1.04 bits per heavy atom. The lowest BCUT2D eigenvalue weighted by Crippen LogP contribution is -2.28. The van der Waals surface area contributed by atoms with Crippen molar-refractivity contribution in [3.8, 4) is 5.75 Å². The highest BCUT2D eigenvalue weighted by molar-refractivity contribution is 5.55. The van der Waals surface area contributed by atoms with Crippen molar-refractivity contribution >= 4 is 5.69 Å². The monoisotopic (exact) mass is 337 g/mol. The molecule has 1 unspecified atom stereocenters.